The number of hydrogen-bond donors (Lipinski definition) is 1. The average molecular weight is 206 g/mol. The number of aromatic nitrogens is 1. The molecule has 1 heterocycles. The van der Waals surface area contributed by atoms with Crippen LogP contribution in [0.25, 0.3) is 0 Å². The van der Waals surface area contributed by atoms with Crippen molar-refractivity contribution in [3.05, 3.63) is 29.6 Å². The van der Waals surface area contributed by atoms with Crippen LogP contribution < -0.4 is 5.32 Å². The van der Waals surface area contributed by atoms with Crippen LogP contribution in [0.1, 0.15) is 31.5 Å². The fourth-order valence-electron chi connectivity index (χ4n) is 1.84. The van der Waals surface area contributed by atoms with Crippen molar-refractivity contribution in [3.8, 4) is 0 Å². The molecule has 1 unspecified atom stereocenters. The van der Waals surface area contributed by atoms with Crippen LogP contribution in [-0.2, 0) is 6.42 Å². The molecule has 1 aromatic rings. The van der Waals surface area contributed by atoms with Gasteiger partial charge in [-0.1, -0.05) is 19.9 Å². The van der Waals surface area contributed by atoms with Crippen molar-refractivity contribution in [3.63, 3.8) is 0 Å². The molecule has 15 heavy (non-hydrogen) atoms. The molecule has 0 saturated carbocycles. The maximum Gasteiger partial charge on any atom is 0.0448 e. The molecule has 84 valence electrons. The molecule has 0 aromatic carbocycles. The highest BCUT2D eigenvalue weighted by Gasteiger charge is 2.11. The van der Waals surface area contributed by atoms with Crippen molar-refractivity contribution in [1.29, 1.82) is 0 Å². The van der Waals surface area contributed by atoms with Gasteiger partial charge in [0.15, 0.2) is 0 Å². The lowest BCUT2D eigenvalue weighted by Crippen LogP contribution is -2.29. The van der Waals surface area contributed by atoms with Crippen molar-refractivity contribution in [2.75, 3.05) is 7.05 Å². The van der Waals surface area contributed by atoms with Gasteiger partial charge in [0.25, 0.3) is 0 Å². The first-order valence-corrected chi connectivity index (χ1v) is 5.71. The van der Waals surface area contributed by atoms with E-state index < -0.39 is 0 Å². The minimum absolute atomic E-state index is 0.540. The zero-order valence-corrected chi connectivity index (χ0v) is 10.2. The molecular weight excluding hydrogens is 184 g/mol. The lowest BCUT2D eigenvalue weighted by Gasteiger charge is -2.18. The van der Waals surface area contributed by atoms with Crippen LogP contribution >= 0.6 is 0 Å². The molecule has 0 aliphatic carbocycles. The van der Waals surface area contributed by atoms with E-state index in [1.165, 1.54) is 17.7 Å². The summed E-state index contributed by atoms with van der Waals surface area (Å²) >= 11 is 0. The van der Waals surface area contributed by atoms with Crippen molar-refractivity contribution in [2.45, 2.75) is 39.7 Å². The van der Waals surface area contributed by atoms with E-state index in [-0.39, 0.29) is 0 Å². The van der Waals surface area contributed by atoms with Gasteiger partial charge >= 0.3 is 0 Å². The molecule has 1 aromatic heterocycles. The zero-order valence-electron chi connectivity index (χ0n) is 10.2. The predicted octanol–water partition coefficient (Wildman–Crippen LogP) is 2.57. The Morgan fingerprint density at radius 2 is 2.13 bits per heavy atom. The van der Waals surface area contributed by atoms with Crippen LogP contribution in [-0.4, -0.2) is 18.1 Å². The topological polar surface area (TPSA) is 24.9 Å². The summed E-state index contributed by atoms with van der Waals surface area (Å²) in [6.07, 6.45) is 4.11. The first kappa shape index (κ1) is 12.2. The lowest BCUT2D eigenvalue weighted by atomic mass is 9.98. The van der Waals surface area contributed by atoms with E-state index in [1.54, 1.807) is 0 Å². The highest BCUT2D eigenvalue weighted by atomic mass is 14.9. The van der Waals surface area contributed by atoms with E-state index in [0.717, 1.165) is 12.3 Å². The van der Waals surface area contributed by atoms with Gasteiger partial charge in [-0.05, 0) is 37.9 Å². The molecule has 1 rings (SSSR count). The minimum Gasteiger partial charge on any atom is -0.317 e. The number of likely N-dealkylation sites (N-methyl/N-ethyl adjacent to an activating group) is 1. The second kappa shape index (κ2) is 5.86. The molecule has 0 radical (unpaired) electrons. The maximum absolute atomic E-state index is 4.43. The van der Waals surface area contributed by atoms with Crippen molar-refractivity contribution < 1.29 is 0 Å². The monoisotopic (exact) mass is 206 g/mol. The Labute approximate surface area is 93.1 Å². The quantitative estimate of drug-likeness (QED) is 0.801. The highest BCUT2D eigenvalue weighted by molar-refractivity contribution is 5.18. The molecule has 2 nitrogen and oxygen atoms in total. The summed E-state index contributed by atoms with van der Waals surface area (Å²) in [5, 5.41) is 3.37. The van der Waals surface area contributed by atoms with Crippen LogP contribution in [0.2, 0.25) is 0 Å². The average Bonchev–Trinajstić information content (AvgIpc) is 2.19. The smallest absolute Gasteiger partial charge is 0.0448 e. The zero-order chi connectivity index (χ0) is 11.3. The Balaban J connectivity index is 2.62. The molecule has 0 saturated heterocycles. The Hall–Kier alpha value is -0.890. The van der Waals surface area contributed by atoms with Gasteiger partial charge < -0.3 is 5.32 Å². The van der Waals surface area contributed by atoms with E-state index in [4.69, 9.17) is 0 Å². The number of hydrogen-bond acceptors (Lipinski definition) is 2. The Morgan fingerprint density at radius 3 is 2.67 bits per heavy atom. The number of nitrogens with zero attached hydrogens (tertiary/aromatic N) is 1. The third-order valence-electron chi connectivity index (χ3n) is 2.72. The van der Waals surface area contributed by atoms with Crippen LogP contribution in [0.15, 0.2) is 18.3 Å². The summed E-state index contributed by atoms with van der Waals surface area (Å²) in [4.78, 5) is 4.43. The Morgan fingerprint density at radius 1 is 1.40 bits per heavy atom. The first-order valence-electron chi connectivity index (χ1n) is 5.71. The molecule has 1 N–H and O–H groups in total. The third kappa shape index (κ3) is 4.00. The van der Waals surface area contributed by atoms with Gasteiger partial charge in [-0.3, -0.25) is 4.98 Å². The van der Waals surface area contributed by atoms with Crippen LogP contribution in [0, 0.1) is 12.8 Å². The predicted molar refractivity (Wildman–Crippen MR) is 65.0 cm³/mol. The molecule has 0 fully saturated rings. The minimum atomic E-state index is 0.540. The SMILES string of the molecule is CNC(Cc1ncccc1C)CC(C)C. The summed E-state index contributed by atoms with van der Waals surface area (Å²) in [6.45, 7) is 6.65. The maximum atomic E-state index is 4.43. The van der Waals surface area contributed by atoms with Gasteiger partial charge in [0.1, 0.15) is 0 Å². The van der Waals surface area contributed by atoms with Crippen molar-refractivity contribution in [1.82, 2.24) is 10.3 Å². The first-order chi connectivity index (χ1) is 7.13. The number of rotatable bonds is 5. The van der Waals surface area contributed by atoms with Gasteiger partial charge in [-0.15, -0.1) is 0 Å². The van der Waals surface area contributed by atoms with Crippen LogP contribution in [0.5, 0.6) is 0 Å². The standard InChI is InChI=1S/C13H22N2/c1-10(2)8-12(14-4)9-13-11(3)6-5-7-15-13/h5-7,10,12,14H,8-9H2,1-4H3. The van der Waals surface area contributed by atoms with Crippen molar-refractivity contribution in [2.24, 2.45) is 5.92 Å². The van der Waals surface area contributed by atoms with Gasteiger partial charge in [0.2, 0.25) is 0 Å². The molecule has 1 atom stereocenters. The Kier molecular flexibility index (Phi) is 4.76. The molecule has 0 bridgehead atoms. The second-order valence-corrected chi connectivity index (χ2v) is 4.59. The number of nitrogens with one attached hydrogen (secondary N) is 1. The lowest BCUT2D eigenvalue weighted by molar-refractivity contribution is 0.437. The van der Waals surface area contributed by atoms with Gasteiger partial charge in [0.05, 0.1) is 0 Å². The highest BCUT2D eigenvalue weighted by Crippen LogP contribution is 2.11. The molecule has 2 heteroatoms. The fourth-order valence-corrected chi connectivity index (χ4v) is 1.84. The van der Waals surface area contributed by atoms with E-state index >= 15 is 0 Å². The summed E-state index contributed by atoms with van der Waals surface area (Å²) in [7, 11) is 2.03. The van der Waals surface area contributed by atoms with Gasteiger partial charge in [-0.25, -0.2) is 0 Å². The largest absolute Gasteiger partial charge is 0.317 e. The third-order valence-corrected chi connectivity index (χ3v) is 2.72. The van der Waals surface area contributed by atoms with E-state index in [9.17, 15) is 0 Å². The van der Waals surface area contributed by atoms with Gasteiger partial charge in [-0.2, -0.15) is 0 Å². The molecule has 0 aliphatic heterocycles. The molecule has 0 amide bonds. The van der Waals surface area contributed by atoms with Crippen LogP contribution in [0.3, 0.4) is 0 Å². The van der Waals surface area contributed by atoms with Crippen LogP contribution in [0.4, 0.5) is 0 Å². The van der Waals surface area contributed by atoms with E-state index in [1.807, 2.05) is 19.3 Å². The summed E-state index contributed by atoms with van der Waals surface area (Å²) in [6, 6.07) is 4.67. The van der Waals surface area contributed by atoms with Gasteiger partial charge in [0, 0.05) is 24.4 Å². The van der Waals surface area contributed by atoms with E-state index in [0.29, 0.717) is 6.04 Å². The molecule has 0 aliphatic rings. The number of aryl methyl sites for hydroxylation is 1. The summed E-state index contributed by atoms with van der Waals surface area (Å²) < 4.78 is 0. The fraction of sp³-hybridized carbons (Fsp3) is 0.615. The van der Waals surface area contributed by atoms with Crippen molar-refractivity contribution >= 4 is 0 Å². The second-order valence-electron chi connectivity index (χ2n) is 4.59. The number of pyridine rings is 1. The normalized spacial score (nSPS) is 13.1. The molecule has 0 spiro atoms. The Bertz CT molecular complexity index is 294. The molecular formula is C13H22N2. The summed E-state index contributed by atoms with van der Waals surface area (Å²) in [5.41, 5.74) is 2.51. The summed E-state index contributed by atoms with van der Waals surface area (Å²) in [5.74, 6) is 0.728. The van der Waals surface area contributed by atoms with E-state index in [2.05, 4.69) is 37.1 Å².